The number of carbonyl (C=O) groups is 1. The van der Waals surface area contributed by atoms with Crippen molar-refractivity contribution in [1.82, 2.24) is 15.0 Å². The number of anilines is 2. The van der Waals surface area contributed by atoms with Crippen LogP contribution in [0.2, 0.25) is 0 Å². The van der Waals surface area contributed by atoms with Crippen molar-refractivity contribution in [3.05, 3.63) is 52.8 Å². The lowest BCUT2D eigenvalue weighted by atomic mass is 10.2. The van der Waals surface area contributed by atoms with E-state index in [1.54, 1.807) is 23.4 Å². The Bertz CT molecular complexity index is 961. The highest BCUT2D eigenvalue weighted by Gasteiger charge is 2.27. The molecule has 0 N–H and O–H groups in total. The maximum absolute atomic E-state index is 13.1. The summed E-state index contributed by atoms with van der Waals surface area (Å²) in [6.07, 6.45) is 4.09. The van der Waals surface area contributed by atoms with E-state index in [9.17, 15) is 4.79 Å². The van der Waals surface area contributed by atoms with Crippen LogP contribution in [0.4, 0.5) is 11.6 Å². The third kappa shape index (κ3) is 2.95. The Morgan fingerprint density at radius 3 is 2.52 bits per heavy atom. The van der Waals surface area contributed by atoms with Gasteiger partial charge in [0, 0.05) is 37.0 Å². The SMILES string of the molecule is CN1CCCN(C(=O)c2cncc(Br)c2)c2nc3ccccc3nc21. The van der Waals surface area contributed by atoms with Gasteiger partial charge >= 0.3 is 0 Å². The summed E-state index contributed by atoms with van der Waals surface area (Å²) < 4.78 is 0.773. The first-order chi connectivity index (χ1) is 12.1. The fourth-order valence-electron chi connectivity index (χ4n) is 2.98. The number of hydrogen-bond donors (Lipinski definition) is 0. The molecule has 0 unspecified atom stereocenters. The highest BCUT2D eigenvalue weighted by atomic mass is 79.9. The lowest BCUT2D eigenvalue weighted by molar-refractivity contribution is 0.0986. The van der Waals surface area contributed by atoms with Crippen molar-refractivity contribution in [2.75, 3.05) is 29.9 Å². The number of amides is 1. The second-order valence-electron chi connectivity index (χ2n) is 5.98. The molecule has 0 bridgehead atoms. The number of pyridine rings is 1. The maximum Gasteiger partial charge on any atom is 0.261 e. The Balaban J connectivity index is 1.85. The lowest BCUT2D eigenvalue weighted by Gasteiger charge is -2.22. The van der Waals surface area contributed by atoms with Gasteiger partial charge in [0.05, 0.1) is 16.6 Å². The van der Waals surface area contributed by atoms with Crippen molar-refractivity contribution in [2.45, 2.75) is 6.42 Å². The van der Waals surface area contributed by atoms with Crippen LogP contribution in [-0.4, -0.2) is 41.0 Å². The maximum atomic E-state index is 13.1. The predicted molar refractivity (Wildman–Crippen MR) is 101 cm³/mol. The van der Waals surface area contributed by atoms with Gasteiger partial charge in [-0.1, -0.05) is 12.1 Å². The molecular formula is C18H16BrN5O. The van der Waals surface area contributed by atoms with Gasteiger partial charge in [0.25, 0.3) is 5.91 Å². The summed E-state index contributed by atoms with van der Waals surface area (Å²) in [6, 6.07) is 9.49. The minimum Gasteiger partial charge on any atom is -0.357 e. The zero-order valence-electron chi connectivity index (χ0n) is 13.7. The number of nitrogens with zero attached hydrogens (tertiary/aromatic N) is 5. The van der Waals surface area contributed by atoms with E-state index >= 15 is 0 Å². The average Bonchev–Trinajstić information content (AvgIpc) is 2.78. The van der Waals surface area contributed by atoms with Crippen LogP contribution in [0, 0.1) is 0 Å². The Morgan fingerprint density at radius 2 is 1.80 bits per heavy atom. The normalized spacial score (nSPS) is 14.3. The van der Waals surface area contributed by atoms with Gasteiger partial charge in [-0.25, -0.2) is 9.97 Å². The van der Waals surface area contributed by atoms with E-state index in [2.05, 4.69) is 25.8 Å². The Hall–Kier alpha value is -2.54. The number of hydrogen-bond acceptors (Lipinski definition) is 5. The zero-order chi connectivity index (χ0) is 17.4. The minimum absolute atomic E-state index is 0.116. The number of para-hydroxylation sites is 2. The van der Waals surface area contributed by atoms with E-state index < -0.39 is 0 Å². The molecule has 0 saturated carbocycles. The third-order valence-electron chi connectivity index (χ3n) is 4.22. The van der Waals surface area contributed by atoms with Gasteiger partial charge in [-0.3, -0.25) is 14.7 Å². The van der Waals surface area contributed by atoms with Gasteiger partial charge in [-0.2, -0.15) is 0 Å². The standard InChI is InChI=1S/C18H16BrN5O/c1-23-7-4-8-24(18(25)12-9-13(19)11-20-10-12)17-16(23)21-14-5-2-3-6-15(14)22-17/h2-3,5-6,9-11H,4,7-8H2,1H3. The molecular weight excluding hydrogens is 382 g/mol. The van der Waals surface area contributed by atoms with Crippen molar-refractivity contribution >= 4 is 44.5 Å². The molecule has 1 aliphatic heterocycles. The predicted octanol–water partition coefficient (Wildman–Crippen LogP) is 3.27. The first-order valence-corrected chi connectivity index (χ1v) is 8.83. The van der Waals surface area contributed by atoms with Crippen molar-refractivity contribution in [3.63, 3.8) is 0 Å². The van der Waals surface area contributed by atoms with Crippen LogP contribution in [0.25, 0.3) is 11.0 Å². The van der Waals surface area contributed by atoms with Crippen molar-refractivity contribution in [1.29, 1.82) is 0 Å². The number of halogens is 1. The van der Waals surface area contributed by atoms with Gasteiger partial charge in [0.15, 0.2) is 11.6 Å². The van der Waals surface area contributed by atoms with E-state index in [4.69, 9.17) is 9.97 Å². The van der Waals surface area contributed by atoms with Crippen LogP contribution in [0.15, 0.2) is 47.2 Å². The molecule has 1 aliphatic rings. The number of carbonyl (C=O) groups excluding carboxylic acids is 1. The first-order valence-electron chi connectivity index (χ1n) is 8.04. The topological polar surface area (TPSA) is 62.2 Å². The Kier molecular flexibility index (Phi) is 4.09. The smallest absolute Gasteiger partial charge is 0.261 e. The number of rotatable bonds is 1. The molecule has 0 aliphatic carbocycles. The van der Waals surface area contributed by atoms with Gasteiger partial charge < -0.3 is 4.90 Å². The van der Waals surface area contributed by atoms with E-state index in [0.717, 1.165) is 34.3 Å². The highest BCUT2D eigenvalue weighted by Crippen LogP contribution is 2.31. The fraction of sp³-hybridized carbons (Fsp3) is 0.222. The second kappa shape index (κ2) is 6.40. The number of aromatic nitrogens is 3. The van der Waals surface area contributed by atoms with Gasteiger partial charge in [0.2, 0.25) is 0 Å². The molecule has 6 nitrogen and oxygen atoms in total. The van der Waals surface area contributed by atoms with Crippen LogP contribution < -0.4 is 9.80 Å². The third-order valence-corrected chi connectivity index (χ3v) is 4.66. The van der Waals surface area contributed by atoms with E-state index in [1.807, 2.05) is 31.3 Å². The number of fused-ring (bicyclic) bond motifs is 2. The highest BCUT2D eigenvalue weighted by molar-refractivity contribution is 9.10. The molecule has 126 valence electrons. The number of benzene rings is 1. The zero-order valence-corrected chi connectivity index (χ0v) is 15.3. The molecule has 3 aromatic rings. The van der Waals surface area contributed by atoms with Crippen LogP contribution in [-0.2, 0) is 0 Å². The van der Waals surface area contributed by atoms with E-state index in [0.29, 0.717) is 17.9 Å². The molecule has 0 spiro atoms. The van der Waals surface area contributed by atoms with Crippen molar-refractivity contribution in [3.8, 4) is 0 Å². The molecule has 1 amide bonds. The molecule has 7 heteroatoms. The van der Waals surface area contributed by atoms with E-state index in [-0.39, 0.29) is 5.91 Å². The molecule has 3 heterocycles. The summed E-state index contributed by atoms with van der Waals surface area (Å²) in [4.78, 5) is 30.5. The summed E-state index contributed by atoms with van der Waals surface area (Å²) in [6.45, 7) is 1.41. The van der Waals surface area contributed by atoms with Gasteiger partial charge in [0.1, 0.15) is 0 Å². The largest absolute Gasteiger partial charge is 0.357 e. The molecule has 0 radical (unpaired) electrons. The summed E-state index contributed by atoms with van der Waals surface area (Å²) in [7, 11) is 1.98. The summed E-state index contributed by atoms with van der Waals surface area (Å²) in [5.41, 5.74) is 2.13. The summed E-state index contributed by atoms with van der Waals surface area (Å²) >= 11 is 3.37. The second-order valence-corrected chi connectivity index (χ2v) is 6.90. The van der Waals surface area contributed by atoms with Crippen LogP contribution >= 0.6 is 15.9 Å². The first kappa shape index (κ1) is 16.0. The van der Waals surface area contributed by atoms with Gasteiger partial charge in [-0.05, 0) is 40.5 Å². The Morgan fingerprint density at radius 1 is 1.08 bits per heavy atom. The summed E-state index contributed by atoms with van der Waals surface area (Å²) in [5, 5.41) is 0. The van der Waals surface area contributed by atoms with Crippen molar-refractivity contribution < 1.29 is 4.79 Å². The fourth-order valence-corrected chi connectivity index (χ4v) is 3.34. The van der Waals surface area contributed by atoms with Crippen LogP contribution in [0.3, 0.4) is 0 Å². The molecule has 2 aromatic heterocycles. The average molecular weight is 398 g/mol. The lowest BCUT2D eigenvalue weighted by Crippen LogP contribution is -2.32. The van der Waals surface area contributed by atoms with Crippen LogP contribution in [0.5, 0.6) is 0 Å². The molecule has 25 heavy (non-hydrogen) atoms. The molecule has 4 rings (SSSR count). The van der Waals surface area contributed by atoms with Crippen molar-refractivity contribution in [2.24, 2.45) is 0 Å². The Labute approximate surface area is 153 Å². The van der Waals surface area contributed by atoms with E-state index in [1.165, 1.54) is 0 Å². The molecule has 0 saturated heterocycles. The monoisotopic (exact) mass is 397 g/mol. The van der Waals surface area contributed by atoms with Gasteiger partial charge in [-0.15, -0.1) is 0 Å². The quantitative estimate of drug-likeness (QED) is 0.630. The summed E-state index contributed by atoms with van der Waals surface area (Å²) in [5.74, 6) is 1.21. The minimum atomic E-state index is -0.116. The van der Waals surface area contributed by atoms with Crippen LogP contribution in [0.1, 0.15) is 16.8 Å². The molecule has 0 fully saturated rings. The molecule has 0 atom stereocenters. The molecule has 1 aromatic carbocycles.